The van der Waals surface area contributed by atoms with Crippen LogP contribution >= 0.6 is 0 Å². The van der Waals surface area contributed by atoms with Gasteiger partial charge in [-0.15, -0.1) is 0 Å². The van der Waals surface area contributed by atoms with E-state index in [4.69, 9.17) is 5.73 Å². The second kappa shape index (κ2) is 5.48. The number of aromatic nitrogens is 2. The Morgan fingerprint density at radius 2 is 2.11 bits per heavy atom. The normalized spacial score (nSPS) is 12.7. The lowest BCUT2D eigenvalue weighted by atomic mass is 9.99. The summed E-state index contributed by atoms with van der Waals surface area (Å²) >= 11 is 0. The first-order valence-corrected chi connectivity index (χ1v) is 6.23. The van der Waals surface area contributed by atoms with Crippen molar-refractivity contribution in [3.8, 4) is 0 Å². The van der Waals surface area contributed by atoms with Crippen LogP contribution in [0, 0.1) is 11.6 Å². The third-order valence-corrected chi connectivity index (χ3v) is 3.12. The van der Waals surface area contributed by atoms with E-state index in [-0.39, 0.29) is 12.5 Å². The van der Waals surface area contributed by atoms with E-state index in [0.717, 1.165) is 29.8 Å². The van der Waals surface area contributed by atoms with Crippen LogP contribution in [0.5, 0.6) is 0 Å². The minimum Gasteiger partial charge on any atom is -0.324 e. The molecule has 0 fully saturated rings. The molecule has 19 heavy (non-hydrogen) atoms. The lowest BCUT2D eigenvalue weighted by Crippen LogP contribution is -2.15. The van der Waals surface area contributed by atoms with Crippen LogP contribution in [0.25, 0.3) is 0 Å². The molecule has 0 radical (unpaired) electrons. The maximum Gasteiger partial charge on any atom is 0.126 e. The largest absolute Gasteiger partial charge is 0.324 e. The first-order chi connectivity index (χ1) is 9.01. The molecular weight excluding hydrogens is 248 g/mol. The number of nitrogens with zero attached hydrogens (tertiary/aromatic N) is 2. The van der Waals surface area contributed by atoms with Gasteiger partial charge in [0.05, 0.1) is 5.69 Å². The molecule has 1 aromatic heterocycles. The highest BCUT2D eigenvalue weighted by atomic mass is 19.1. The van der Waals surface area contributed by atoms with E-state index < -0.39 is 11.6 Å². The number of halogens is 2. The van der Waals surface area contributed by atoms with Crippen molar-refractivity contribution < 1.29 is 8.78 Å². The van der Waals surface area contributed by atoms with Crippen LogP contribution in [-0.4, -0.2) is 9.78 Å². The Bertz CT molecular complexity index is 578. The second-order valence-electron chi connectivity index (χ2n) is 4.60. The number of benzene rings is 1. The smallest absolute Gasteiger partial charge is 0.126 e. The predicted molar refractivity (Wildman–Crippen MR) is 69.6 cm³/mol. The van der Waals surface area contributed by atoms with Crippen LogP contribution in [0.3, 0.4) is 0 Å². The van der Waals surface area contributed by atoms with Crippen molar-refractivity contribution in [2.75, 3.05) is 0 Å². The van der Waals surface area contributed by atoms with E-state index >= 15 is 0 Å². The van der Waals surface area contributed by atoms with Crippen molar-refractivity contribution in [3.63, 3.8) is 0 Å². The Kier molecular flexibility index (Phi) is 3.95. The number of rotatable bonds is 4. The van der Waals surface area contributed by atoms with Gasteiger partial charge >= 0.3 is 0 Å². The summed E-state index contributed by atoms with van der Waals surface area (Å²) < 4.78 is 28.4. The van der Waals surface area contributed by atoms with Crippen molar-refractivity contribution in [2.24, 2.45) is 12.8 Å². The van der Waals surface area contributed by atoms with Crippen LogP contribution in [0.2, 0.25) is 0 Å². The van der Waals surface area contributed by atoms with Crippen LogP contribution < -0.4 is 5.73 Å². The van der Waals surface area contributed by atoms with Crippen LogP contribution in [0.1, 0.15) is 29.8 Å². The molecule has 0 amide bonds. The fraction of sp³-hybridized carbons (Fsp3) is 0.357. The van der Waals surface area contributed by atoms with Gasteiger partial charge in [-0.05, 0) is 36.6 Å². The molecule has 0 saturated heterocycles. The van der Waals surface area contributed by atoms with E-state index in [1.54, 1.807) is 4.68 Å². The Morgan fingerprint density at radius 3 is 2.79 bits per heavy atom. The van der Waals surface area contributed by atoms with Crippen molar-refractivity contribution in [1.29, 1.82) is 0 Å². The summed E-state index contributed by atoms with van der Waals surface area (Å²) in [6, 6.07) is 3.03. The molecule has 1 aromatic carbocycles. The molecule has 102 valence electrons. The lowest BCUT2D eigenvalue weighted by molar-refractivity contribution is 0.572. The first-order valence-electron chi connectivity index (χ1n) is 6.23. The zero-order chi connectivity index (χ0) is 14.0. The van der Waals surface area contributed by atoms with Crippen molar-refractivity contribution in [3.05, 3.63) is 52.9 Å². The van der Waals surface area contributed by atoms with Gasteiger partial charge in [0, 0.05) is 24.8 Å². The van der Waals surface area contributed by atoms with Gasteiger partial charge in [-0.1, -0.05) is 6.92 Å². The first kappa shape index (κ1) is 13.7. The van der Waals surface area contributed by atoms with Gasteiger partial charge in [-0.25, -0.2) is 8.78 Å². The minimum absolute atomic E-state index is 0.252. The molecular formula is C14H17F2N3. The standard InChI is InChI=1S/C14H17F2N3/c1-3-14-11(8-19(2)18-14)13(17)7-9-6-10(15)4-5-12(9)16/h4-6,8,13H,3,7,17H2,1-2H3. The van der Waals surface area contributed by atoms with E-state index in [1.807, 2.05) is 20.2 Å². The van der Waals surface area contributed by atoms with Crippen LogP contribution in [-0.2, 0) is 19.9 Å². The fourth-order valence-electron chi connectivity index (χ4n) is 2.18. The van der Waals surface area contributed by atoms with Gasteiger partial charge in [0.25, 0.3) is 0 Å². The zero-order valence-corrected chi connectivity index (χ0v) is 11.0. The molecule has 2 rings (SSSR count). The SMILES string of the molecule is CCc1nn(C)cc1C(N)Cc1cc(F)ccc1F. The molecule has 1 heterocycles. The molecule has 1 unspecified atom stereocenters. The van der Waals surface area contributed by atoms with Crippen molar-refractivity contribution in [1.82, 2.24) is 9.78 Å². The third kappa shape index (κ3) is 2.98. The molecule has 5 heteroatoms. The molecule has 0 aliphatic heterocycles. The summed E-state index contributed by atoms with van der Waals surface area (Å²) in [5.41, 5.74) is 8.16. The molecule has 1 atom stereocenters. The van der Waals surface area contributed by atoms with Gasteiger partial charge in [0.15, 0.2) is 0 Å². The minimum atomic E-state index is -0.453. The molecule has 0 saturated carbocycles. The molecule has 0 aliphatic carbocycles. The maximum absolute atomic E-state index is 13.6. The summed E-state index contributed by atoms with van der Waals surface area (Å²) in [6.45, 7) is 1.99. The highest BCUT2D eigenvalue weighted by Crippen LogP contribution is 2.21. The Labute approximate surface area is 111 Å². The lowest BCUT2D eigenvalue weighted by Gasteiger charge is -2.12. The Balaban J connectivity index is 2.25. The zero-order valence-electron chi connectivity index (χ0n) is 11.0. The Morgan fingerprint density at radius 1 is 1.37 bits per heavy atom. The van der Waals surface area contributed by atoms with E-state index in [2.05, 4.69) is 5.10 Å². The maximum atomic E-state index is 13.6. The molecule has 2 aromatic rings. The average Bonchev–Trinajstić information content (AvgIpc) is 2.75. The van der Waals surface area contributed by atoms with Gasteiger partial charge in [-0.2, -0.15) is 5.10 Å². The van der Waals surface area contributed by atoms with E-state index in [9.17, 15) is 8.78 Å². The molecule has 0 aliphatic rings. The highest BCUT2D eigenvalue weighted by molar-refractivity contribution is 5.26. The molecule has 0 bridgehead atoms. The Hall–Kier alpha value is -1.75. The molecule has 0 spiro atoms. The number of aryl methyl sites for hydroxylation is 2. The quantitative estimate of drug-likeness (QED) is 0.923. The van der Waals surface area contributed by atoms with Gasteiger partial charge < -0.3 is 5.73 Å². The average molecular weight is 265 g/mol. The van der Waals surface area contributed by atoms with Gasteiger partial charge in [-0.3, -0.25) is 4.68 Å². The summed E-state index contributed by atoms with van der Waals surface area (Å²) in [6.07, 6.45) is 2.85. The summed E-state index contributed by atoms with van der Waals surface area (Å²) in [5.74, 6) is -0.885. The number of nitrogens with two attached hydrogens (primary N) is 1. The van der Waals surface area contributed by atoms with E-state index in [0.29, 0.717) is 5.56 Å². The number of hydrogen-bond acceptors (Lipinski definition) is 2. The topological polar surface area (TPSA) is 43.8 Å². The van der Waals surface area contributed by atoms with E-state index in [1.165, 1.54) is 6.07 Å². The van der Waals surface area contributed by atoms with Crippen molar-refractivity contribution >= 4 is 0 Å². The highest BCUT2D eigenvalue weighted by Gasteiger charge is 2.16. The van der Waals surface area contributed by atoms with Crippen LogP contribution in [0.15, 0.2) is 24.4 Å². The summed E-state index contributed by atoms with van der Waals surface area (Å²) in [4.78, 5) is 0. The molecule has 3 nitrogen and oxygen atoms in total. The fourth-order valence-corrected chi connectivity index (χ4v) is 2.18. The third-order valence-electron chi connectivity index (χ3n) is 3.12. The number of hydrogen-bond donors (Lipinski definition) is 1. The van der Waals surface area contributed by atoms with Gasteiger partial charge in [0.1, 0.15) is 11.6 Å². The second-order valence-corrected chi connectivity index (χ2v) is 4.60. The monoisotopic (exact) mass is 265 g/mol. The summed E-state index contributed by atoms with van der Waals surface area (Å²) in [7, 11) is 1.82. The van der Waals surface area contributed by atoms with Crippen molar-refractivity contribution in [2.45, 2.75) is 25.8 Å². The summed E-state index contributed by atoms with van der Waals surface area (Å²) in [5, 5.41) is 4.30. The molecule has 2 N–H and O–H groups in total. The van der Waals surface area contributed by atoms with Gasteiger partial charge in [0.2, 0.25) is 0 Å². The predicted octanol–water partition coefficient (Wildman–Crippen LogP) is 2.50. The van der Waals surface area contributed by atoms with Crippen LogP contribution in [0.4, 0.5) is 8.78 Å².